The van der Waals surface area contributed by atoms with Crippen molar-refractivity contribution in [1.82, 2.24) is 15.2 Å². The number of hydrogen-bond acceptors (Lipinski definition) is 3. The first kappa shape index (κ1) is 18.9. The number of aromatic nitrogens is 1. The maximum Gasteiger partial charge on any atom is 0.194 e. The van der Waals surface area contributed by atoms with Gasteiger partial charge in [0.1, 0.15) is 0 Å². The third kappa shape index (κ3) is 5.87. The first-order valence-electron chi connectivity index (χ1n) is 8.79. The van der Waals surface area contributed by atoms with E-state index in [0.717, 1.165) is 31.0 Å². The maximum atomic E-state index is 10.3. The van der Waals surface area contributed by atoms with Crippen LogP contribution in [-0.2, 0) is 13.0 Å². The summed E-state index contributed by atoms with van der Waals surface area (Å²) >= 11 is 0. The number of aliphatic hydroxyl groups excluding tert-OH is 1. The summed E-state index contributed by atoms with van der Waals surface area (Å²) in [4.78, 5) is 10.6. The second-order valence-electron chi connectivity index (χ2n) is 6.02. The third-order valence-electron chi connectivity index (χ3n) is 4.05. The number of hydrogen-bond donors (Lipinski definition) is 2. The molecule has 2 aromatic rings. The van der Waals surface area contributed by atoms with Gasteiger partial charge in [0.25, 0.3) is 0 Å². The summed E-state index contributed by atoms with van der Waals surface area (Å²) in [6.45, 7) is 6.06. The molecular weight excluding hydrogens is 312 g/mol. The van der Waals surface area contributed by atoms with Crippen molar-refractivity contribution in [2.45, 2.75) is 32.9 Å². The van der Waals surface area contributed by atoms with Gasteiger partial charge in [-0.1, -0.05) is 31.2 Å². The number of guanidine groups is 1. The molecule has 5 heteroatoms. The van der Waals surface area contributed by atoms with Gasteiger partial charge in [-0.2, -0.15) is 0 Å². The summed E-state index contributed by atoms with van der Waals surface area (Å²) in [7, 11) is 2.01. The SMILES string of the molecule is CCNC(=NCC(O)c1ccncc1)N(C)Cc1ccc(CC)cc1. The second-order valence-corrected chi connectivity index (χ2v) is 6.02. The summed E-state index contributed by atoms with van der Waals surface area (Å²) in [6, 6.07) is 12.3. The van der Waals surface area contributed by atoms with Crippen LogP contribution in [0.5, 0.6) is 0 Å². The zero-order valence-electron chi connectivity index (χ0n) is 15.3. The molecular formula is C20H28N4O. The molecule has 0 saturated carbocycles. The molecule has 1 aromatic heterocycles. The van der Waals surface area contributed by atoms with Crippen LogP contribution in [0.2, 0.25) is 0 Å². The molecule has 2 rings (SSSR count). The molecule has 25 heavy (non-hydrogen) atoms. The van der Waals surface area contributed by atoms with Crippen LogP contribution in [0.4, 0.5) is 0 Å². The molecule has 1 atom stereocenters. The summed E-state index contributed by atoms with van der Waals surface area (Å²) in [5.74, 6) is 0.787. The van der Waals surface area contributed by atoms with E-state index < -0.39 is 6.10 Å². The lowest BCUT2D eigenvalue weighted by Crippen LogP contribution is -2.38. The highest BCUT2D eigenvalue weighted by molar-refractivity contribution is 5.79. The molecule has 1 unspecified atom stereocenters. The standard InChI is InChI=1S/C20H28N4O/c1-4-16-6-8-17(9-7-16)15-24(3)20(22-5-2)23-14-19(25)18-10-12-21-13-11-18/h6-13,19,25H,4-5,14-15H2,1-3H3,(H,22,23). The first-order chi connectivity index (χ1) is 12.1. The van der Waals surface area contributed by atoms with Crippen LogP contribution in [0, 0.1) is 0 Å². The van der Waals surface area contributed by atoms with Gasteiger partial charge in [-0.05, 0) is 42.2 Å². The van der Waals surface area contributed by atoms with E-state index in [-0.39, 0.29) is 0 Å². The van der Waals surface area contributed by atoms with Crippen molar-refractivity contribution in [3.8, 4) is 0 Å². The highest BCUT2D eigenvalue weighted by Crippen LogP contribution is 2.12. The van der Waals surface area contributed by atoms with E-state index in [9.17, 15) is 5.11 Å². The fourth-order valence-corrected chi connectivity index (χ4v) is 2.56. The van der Waals surface area contributed by atoms with E-state index >= 15 is 0 Å². The molecule has 5 nitrogen and oxygen atoms in total. The van der Waals surface area contributed by atoms with Crippen LogP contribution >= 0.6 is 0 Å². The van der Waals surface area contributed by atoms with Gasteiger partial charge in [0.2, 0.25) is 0 Å². The molecule has 1 aromatic carbocycles. The number of benzene rings is 1. The molecule has 2 N–H and O–H groups in total. The van der Waals surface area contributed by atoms with Crippen LogP contribution < -0.4 is 5.32 Å². The highest BCUT2D eigenvalue weighted by atomic mass is 16.3. The van der Waals surface area contributed by atoms with E-state index in [2.05, 4.69) is 51.4 Å². The predicted octanol–water partition coefficient (Wildman–Crippen LogP) is 2.77. The molecule has 0 radical (unpaired) electrons. The lowest BCUT2D eigenvalue weighted by atomic mass is 10.1. The Morgan fingerprint density at radius 1 is 1.12 bits per heavy atom. The average molecular weight is 340 g/mol. The molecule has 134 valence electrons. The zero-order valence-corrected chi connectivity index (χ0v) is 15.3. The van der Waals surface area contributed by atoms with Gasteiger partial charge in [0, 0.05) is 32.5 Å². The number of aliphatic imine (C=N–C) groups is 1. The van der Waals surface area contributed by atoms with Crippen molar-refractivity contribution in [2.75, 3.05) is 20.1 Å². The Morgan fingerprint density at radius 2 is 1.76 bits per heavy atom. The van der Waals surface area contributed by atoms with Crippen LogP contribution in [0.15, 0.2) is 53.8 Å². The summed E-state index contributed by atoms with van der Waals surface area (Å²) in [6.07, 6.45) is 3.78. The van der Waals surface area contributed by atoms with E-state index in [1.165, 1.54) is 11.1 Å². The number of aliphatic hydroxyl groups is 1. The lowest BCUT2D eigenvalue weighted by Gasteiger charge is -2.23. The Bertz CT molecular complexity index is 655. The van der Waals surface area contributed by atoms with Gasteiger partial charge in [0.15, 0.2) is 5.96 Å². The highest BCUT2D eigenvalue weighted by Gasteiger charge is 2.10. The fourth-order valence-electron chi connectivity index (χ4n) is 2.56. The molecule has 1 heterocycles. The molecule has 0 spiro atoms. The number of pyridine rings is 1. The molecule has 0 amide bonds. The zero-order chi connectivity index (χ0) is 18.1. The summed E-state index contributed by atoms with van der Waals surface area (Å²) < 4.78 is 0. The Hall–Kier alpha value is -2.40. The van der Waals surface area contributed by atoms with Crippen molar-refractivity contribution in [2.24, 2.45) is 4.99 Å². The molecule has 0 bridgehead atoms. The van der Waals surface area contributed by atoms with Gasteiger partial charge in [-0.25, -0.2) is 0 Å². The van der Waals surface area contributed by atoms with Crippen molar-refractivity contribution in [1.29, 1.82) is 0 Å². The number of aryl methyl sites for hydroxylation is 1. The normalized spacial score (nSPS) is 12.7. The minimum atomic E-state index is -0.631. The molecule has 0 aliphatic carbocycles. The second kappa shape index (κ2) is 9.79. The number of rotatable bonds is 7. The molecule has 0 aliphatic rings. The lowest BCUT2D eigenvalue weighted by molar-refractivity contribution is 0.186. The van der Waals surface area contributed by atoms with Crippen LogP contribution in [0.3, 0.4) is 0 Å². The van der Waals surface area contributed by atoms with Crippen LogP contribution in [0.1, 0.15) is 36.6 Å². The van der Waals surface area contributed by atoms with Gasteiger partial charge in [-0.15, -0.1) is 0 Å². The molecule has 0 saturated heterocycles. The quantitative estimate of drug-likeness (QED) is 0.601. The van der Waals surface area contributed by atoms with Crippen molar-refractivity contribution >= 4 is 5.96 Å². The fraction of sp³-hybridized carbons (Fsp3) is 0.400. The Balaban J connectivity index is 2.01. The van der Waals surface area contributed by atoms with Gasteiger partial charge < -0.3 is 15.3 Å². The third-order valence-corrected chi connectivity index (χ3v) is 4.05. The number of nitrogens with one attached hydrogen (secondary N) is 1. The smallest absolute Gasteiger partial charge is 0.194 e. The monoisotopic (exact) mass is 340 g/mol. The van der Waals surface area contributed by atoms with E-state index in [1.807, 2.05) is 26.1 Å². The topological polar surface area (TPSA) is 60.8 Å². The van der Waals surface area contributed by atoms with Gasteiger partial charge in [0.05, 0.1) is 12.6 Å². The van der Waals surface area contributed by atoms with Gasteiger partial charge >= 0.3 is 0 Å². The Labute approximate surface area is 150 Å². The minimum absolute atomic E-state index is 0.311. The van der Waals surface area contributed by atoms with Gasteiger partial charge in [-0.3, -0.25) is 9.98 Å². The Kier molecular flexibility index (Phi) is 7.41. The summed E-state index contributed by atoms with van der Waals surface area (Å²) in [5, 5.41) is 13.6. The average Bonchev–Trinajstić information content (AvgIpc) is 2.66. The van der Waals surface area contributed by atoms with Crippen LogP contribution in [0.25, 0.3) is 0 Å². The van der Waals surface area contributed by atoms with Crippen molar-refractivity contribution < 1.29 is 5.11 Å². The summed E-state index contributed by atoms with van der Waals surface area (Å²) in [5.41, 5.74) is 3.40. The number of nitrogens with zero attached hydrogens (tertiary/aromatic N) is 3. The predicted molar refractivity (Wildman–Crippen MR) is 102 cm³/mol. The van der Waals surface area contributed by atoms with E-state index in [1.54, 1.807) is 12.4 Å². The van der Waals surface area contributed by atoms with Crippen molar-refractivity contribution in [3.63, 3.8) is 0 Å². The first-order valence-corrected chi connectivity index (χ1v) is 8.79. The molecule has 0 fully saturated rings. The largest absolute Gasteiger partial charge is 0.386 e. The van der Waals surface area contributed by atoms with Crippen LogP contribution in [-0.4, -0.2) is 41.1 Å². The molecule has 0 aliphatic heterocycles. The van der Waals surface area contributed by atoms with E-state index in [0.29, 0.717) is 6.54 Å². The Morgan fingerprint density at radius 3 is 2.36 bits per heavy atom. The minimum Gasteiger partial charge on any atom is -0.386 e. The van der Waals surface area contributed by atoms with E-state index in [4.69, 9.17) is 0 Å². The van der Waals surface area contributed by atoms with Crippen molar-refractivity contribution in [3.05, 3.63) is 65.5 Å². The maximum absolute atomic E-state index is 10.3.